The predicted molar refractivity (Wildman–Crippen MR) is 77.7 cm³/mol. The van der Waals surface area contributed by atoms with E-state index in [0.29, 0.717) is 5.56 Å². The number of carbonyl (C=O) groups excluding carboxylic acids is 1. The molecule has 1 N–H and O–H groups in total. The summed E-state index contributed by atoms with van der Waals surface area (Å²) in [6.07, 6.45) is 7.70. The van der Waals surface area contributed by atoms with Gasteiger partial charge < -0.3 is 9.88 Å². The number of aromatic nitrogens is 4. The second-order valence-electron chi connectivity index (χ2n) is 5.37. The highest BCUT2D eigenvalue weighted by molar-refractivity contribution is 5.93. The van der Waals surface area contributed by atoms with Crippen LogP contribution in [0.3, 0.4) is 0 Å². The Morgan fingerprint density at radius 1 is 1.33 bits per heavy atom. The Morgan fingerprint density at radius 3 is 3.05 bits per heavy atom. The van der Waals surface area contributed by atoms with Crippen molar-refractivity contribution in [2.24, 2.45) is 0 Å². The molecule has 0 aromatic carbocycles. The van der Waals surface area contributed by atoms with E-state index in [-0.39, 0.29) is 11.9 Å². The number of nitrogens with one attached hydrogen (secondary N) is 1. The van der Waals surface area contributed by atoms with Crippen LogP contribution < -0.4 is 5.32 Å². The van der Waals surface area contributed by atoms with Gasteiger partial charge in [0.25, 0.3) is 5.91 Å². The molecule has 0 radical (unpaired) electrons. The van der Waals surface area contributed by atoms with Crippen molar-refractivity contribution in [3.63, 3.8) is 0 Å². The van der Waals surface area contributed by atoms with Crippen molar-refractivity contribution in [2.75, 3.05) is 0 Å². The molecule has 110 valence electrons. The van der Waals surface area contributed by atoms with E-state index in [4.69, 9.17) is 0 Å². The molecule has 21 heavy (non-hydrogen) atoms. The average molecular weight is 285 g/mol. The summed E-state index contributed by atoms with van der Waals surface area (Å²) in [4.78, 5) is 16.1. The van der Waals surface area contributed by atoms with E-state index in [2.05, 4.69) is 25.1 Å². The van der Waals surface area contributed by atoms with Crippen molar-refractivity contribution in [1.82, 2.24) is 25.1 Å². The molecule has 1 aliphatic heterocycles. The summed E-state index contributed by atoms with van der Waals surface area (Å²) in [5.41, 5.74) is 0.556. The molecular weight excluding hydrogens is 266 g/mol. The third-order valence-electron chi connectivity index (χ3n) is 3.80. The van der Waals surface area contributed by atoms with Gasteiger partial charge in [0.1, 0.15) is 5.82 Å². The minimum Gasteiger partial charge on any atom is -0.342 e. The molecule has 1 atom stereocenters. The minimum atomic E-state index is -0.169. The first-order chi connectivity index (χ1) is 10.3. The maximum absolute atomic E-state index is 12.2. The number of rotatable bonds is 3. The number of pyridine rings is 1. The van der Waals surface area contributed by atoms with Crippen LogP contribution in [-0.4, -0.2) is 25.7 Å². The first kappa shape index (κ1) is 13.7. The smallest absolute Gasteiger partial charge is 0.253 e. The van der Waals surface area contributed by atoms with Gasteiger partial charge in [-0.05, 0) is 31.9 Å². The van der Waals surface area contributed by atoms with Gasteiger partial charge in [0, 0.05) is 25.4 Å². The number of fused-ring (bicyclic) bond motifs is 1. The quantitative estimate of drug-likeness (QED) is 0.934. The fourth-order valence-corrected chi connectivity index (χ4v) is 2.67. The van der Waals surface area contributed by atoms with E-state index in [1.165, 1.54) is 6.42 Å². The van der Waals surface area contributed by atoms with Crippen LogP contribution >= 0.6 is 0 Å². The van der Waals surface area contributed by atoms with E-state index in [0.717, 1.165) is 37.5 Å². The number of hydrogen-bond donors (Lipinski definition) is 1. The molecule has 1 amide bonds. The van der Waals surface area contributed by atoms with Gasteiger partial charge in [-0.25, -0.2) is 0 Å². The summed E-state index contributed by atoms with van der Waals surface area (Å²) in [5, 5.41) is 11.5. The molecule has 0 bridgehead atoms. The van der Waals surface area contributed by atoms with E-state index in [1.54, 1.807) is 24.5 Å². The standard InChI is InChI=1S/C15H19N5O/c1-11(17-15(21)12-6-5-8-16-10-12)14-19-18-13-7-3-2-4-9-20(13)14/h5-6,8,10-11H,2-4,7,9H2,1H3,(H,17,21)/t11-/m0/s1. The van der Waals surface area contributed by atoms with Gasteiger partial charge >= 0.3 is 0 Å². The van der Waals surface area contributed by atoms with Gasteiger partial charge in [-0.1, -0.05) is 6.42 Å². The molecule has 0 saturated heterocycles. The summed E-state index contributed by atoms with van der Waals surface area (Å²) in [6.45, 7) is 2.88. The first-order valence-electron chi connectivity index (χ1n) is 7.38. The number of aryl methyl sites for hydroxylation is 1. The summed E-state index contributed by atoms with van der Waals surface area (Å²) < 4.78 is 2.15. The Balaban J connectivity index is 1.75. The summed E-state index contributed by atoms with van der Waals surface area (Å²) in [5.74, 6) is 1.73. The van der Waals surface area contributed by atoms with E-state index in [9.17, 15) is 4.79 Å². The van der Waals surface area contributed by atoms with E-state index < -0.39 is 0 Å². The number of amides is 1. The van der Waals surface area contributed by atoms with Crippen molar-refractivity contribution in [3.8, 4) is 0 Å². The fourth-order valence-electron chi connectivity index (χ4n) is 2.67. The Morgan fingerprint density at radius 2 is 2.24 bits per heavy atom. The minimum absolute atomic E-state index is 0.137. The van der Waals surface area contributed by atoms with E-state index in [1.807, 2.05) is 6.92 Å². The fraction of sp³-hybridized carbons (Fsp3) is 0.467. The molecule has 0 saturated carbocycles. The third-order valence-corrected chi connectivity index (χ3v) is 3.80. The zero-order chi connectivity index (χ0) is 14.7. The monoisotopic (exact) mass is 285 g/mol. The molecular formula is C15H19N5O. The summed E-state index contributed by atoms with van der Waals surface area (Å²) >= 11 is 0. The zero-order valence-electron chi connectivity index (χ0n) is 12.1. The van der Waals surface area contributed by atoms with Gasteiger partial charge in [-0.15, -0.1) is 10.2 Å². The van der Waals surface area contributed by atoms with Crippen LogP contribution in [0.15, 0.2) is 24.5 Å². The number of nitrogens with zero attached hydrogens (tertiary/aromatic N) is 4. The first-order valence-corrected chi connectivity index (χ1v) is 7.38. The molecule has 0 spiro atoms. The van der Waals surface area contributed by atoms with Crippen molar-refractivity contribution in [2.45, 2.75) is 45.2 Å². The van der Waals surface area contributed by atoms with Crippen LogP contribution in [0.4, 0.5) is 0 Å². The highest BCUT2D eigenvalue weighted by Crippen LogP contribution is 2.18. The van der Waals surface area contributed by atoms with Crippen LogP contribution in [0.5, 0.6) is 0 Å². The van der Waals surface area contributed by atoms with Gasteiger partial charge in [-0.3, -0.25) is 9.78 Å². The molecule has 1 aliphatic rings. The number of carbonyl (C=O) groups is 1. The van der Waals surface area contributed by atoms with E-state index >= 15 is 0 Å². The normalized spacial score (nSPS) is 15.9. The Hall–Kier alpha value is -2.24. The lowest BCUT2D eigenvalue weighted by atomic mass is 10.2. The van der Waals surface area contributed by atoms with Crippen molar-refractivity contribution in [1.29, 1.82) is 0 Å². The predicted octanol–water partition coefficient (Wildman–Crippen LogP) is 1.89. The van der Waals surface area contributed by atoms with Crippen LogP contribution in [0, 0.1) is 0 Å². The molecule has 3 rings (SSSR count). The van der Waals surface area contributed by atoms with Crippen molar-refractivity contribution in [3.05, 3.63) is 41.7 Å². The maximum Gasteiger partial charge on any atom is 0.253 e. The summed E-state index contributed by atoms with van der Waals surface area (Å²) in [6, 6.07) is 3.33. The Bertz CT molecular complexity index is 622. The third kappa shape index (κ3) is 2.94. The van der Waals surface area contributed by atoms with Crippen LogP contribution in [0.2, 0.25) is 0 Å². The Kier molecular flexibility index (Phi) is 3.94. The van der Waals surface area contributed by atoms with Crippen molar-refractivity contribution >= 4 is 5.91 Å². The lowest BCUT2D eigenvalue weighted by Crippen LogP contribution is -2.29. The van der Waals surface area contributed by atoms with Crippen LogP contribution in [0.25, 0.3) is 0 Å². The highest BCUT2D eigenvalue weighted by Gasteiger charge is 2.20. The van der Waals surface area contributed by atoms with Gasteiger partial charge in [-0.2, -0.15) is 0 Å². The topological polar surface area (TPSA) is 72.7 Å². The van der Waals surface area contributed by atoms with Crippen molar-refractivity contribution < 1.29 is 4.79 Å². The molecule has 2 aromatic heterocycles. The second-order valence-corrected chi connectivity index (χ2v) is 5.37. The highest BCUT2D eigenvalue weighted by atomic mass is 16.1. The largest absolute Gasteiger partial charge is 0.342 e. The molecule has 6 heteroatoms. The maximum atomic E-state index is 12.2. The molecule has 0 aliphatic carbocycles. The second kappa shape index (κ2) is 6.03. The molecule has 0 unspecified atom stereocenters. The summed E-state index contributed by atoms with van der Waals surface area (Å²) in [7, 11) is 0. The van der Waals surface area contributed by atoms with Gasteiger partial charge in [0.05, 0.1) is 11.6 Å². The molecule has 2 aromatic rings. The lowest BCUT2D eigenvalue weighted by molar-refractivity contribution is 0.0937. The van der Waals surface area contributed by atoms with Gasteiger partial charge in [0.15, 0.2) is 5.82 Å². The average Bonchev–Trinajstić information content (AvgIpc) is 2.77. The molecule has 0 fully saturated rings. The Labute approximate surface area is 123 Å². The number of hydrogen-bond acceptors (Lipinski definition) is 4. The lowest BCUT2D eigenvalue weighted by Gasteiger charge is -2.15. The molecule has 3 heterocycles. The van der Waals surface area contributed by atoms with Gasteiger partial charge in [0.2, 0.25) is 0 Å². The zero-order valence-corrected chi connectivity index (χ0v) is 12.1. The van der Waals surface area contributed by atoms with Crippen LogP contribution in [0.1, 0.15) is 54.2 Å². The molecule has 6 nitrogen and oxygen atoms in total. The SMILES string of the molecule is C[C@H](NC(=O)c1cccnc1)c1nnc2n1CCCCC2. The van der Waals surface area contributed by atoms with Crippen LogP contribution in [-0.2, 0) is 13.0 Å².